The molecule has 3 amide bonds. The lowest BCUT2D eigenvalue weighted by Crippen LogP contribution is -2.53. The fourth-order valence-electron chi connectivity index (χ4n) is 4.65. The van der Waals surface area contributed by atoms with E-state index in [0.717, 1.165) is 5.56 Å². The summed E-state index contributed by atoms with van der Waals surface area (Å²) in [6, 6.07) is 3.14. The highest BCUT2D eigenvalue weighted by Crippen LogP contribution is 2.31. The van der Waals surface area contributed by atoms with Crippen LogP contribution in [0.4, 0.5) is 4.79 Å². The minimum absolute atomic E-state index is 0.0248. The summed E-state index contributed by atoms with van der Waals surface area (Å²) >= 11 is 0. The largest absolute Gasteiger partial charge is 0.469 e. The van der Waals surface area contributed by atoms with Crippen molar-refractivity contribution in [2.24, 2.45) is 5.92 Å². The summed E-state index contributed by atoms with van der Waals surface area (Å²) in [6.07, 6.45) is 6.17. The van der Waals surface area contributed by atoms with Gasteiger partial charge >= 0.3 is 6.09 Å². The van der Waals surface area contributed by atoms with Crippen molar-refractivity contribution in [2.45, 2.75) is 51.2 Å². The Balaban J connectivity index is 1.44. The first-order valence-electron chi connectivity index (χ1n) is 11.4. The minimum atomic E-state index is -0.855. The molecule has 10 nitrogen and oxygen atoms in total. The van der Waals surface area contributed by atoms with Crippen LogP contribution in [-0.4, -0.2) is 69.7 Å². The van der Waals surface area contributed by atoms with Crippen LogP contribution in [0.2, 0.25) is 0 Å². The number of hydrogen-bond donors (Lipinski definition) is 1. The van der Waals surface area contributed by atoms with Crippen molar-refractivity contribution in [3.63, 3.8) is 0 Å². The number of carbonyl (C=O) groups excluding carboxylic acids is 4. The number of aromatic nitrogens is 1. The normalized spacial score (nSPS) is 20.4. The number of Topliss-reactive ketones (excluding diaryl/α,β-unsaturated/α-hetero) is 1. The summed E-state index contributed by atoms with van der Waals surface area (Å²) in [5.41, 5.74) is 0.770. The monoisotopic (exact) mass is 468 g/mol. The second-order valence-corrected chi connectivity index (χ2v) is 9.03. The number of furan rings is 1. The maximum absolute atomic E-state index is 13.4. The molecule has 0 aromatic carbocycles. The topological polar surface area (TPSA) is 122 Å². The molecule has 0 aliphatic carbocycles. The zero-order valence-electron chi connectivity index (χ0n) is 19.2. The smallest absolute Gasteiger partial charge is 0.413 e. The van der Waals surface area contributed by atoms with Gasteiger partial charge in [0.15, 0.2) is 11.5 Å². The zero-order valence-corrected chi connectivity index (χ0v) is 19.2. The molecule has 0 radical (unpaired) electrons. The average Bonchev–Trinajstić information content (AvgIpc) is 3.52. The van der Waals surface area contributed by atoms with E-state index in [2.05, 4.69) is 10.3 Å². The van der Waals surface area contributed by atoms with E-state index in [1.807, 2.05) is 19.9 Å². The lowest BCUT2D eigenvalue weighted by Gasteiger charge is -2.28. The van der Waals surface area contributed by atoms with E-state index in [9.17, 15) is 19.2 Å². The van der Waals surface area contributed by atoms with Gasteiger partial charge in [-0.1, -0.05) is 19.9 Å². The van der Waals surface area contributed by atoms with Crippen molar-refractivity contribution in [3.8, 4) is 5.75 Å². The first-order valence-corrected chi connectivity index (χ1v) is 11.4. The van der Waals surface area contributed by atoms with Crippen molar-refractivity contribution < 1.29 is 28.3 Å². The number of pyridine rings is 1. The van der Waals surface area contributed by atoms with E-state index in [0.29, 0.717) is 19.4 Å². The summed E-state index contributed by atoms with van der Waals surface area (Å²) < 4.78 is 10.0. The summed E-state index contributed by atoms with van der Waals surface area (Å²) in [5, 5.41) is 2.63. The van der Waals surface area contributed by atoms with Crippen LogP contribution in [0.15, 0.2) is 47.5 Å². The van der Waals surface area contributed by atoms with Gasteiger partial charge in [0.25, 0.3) is 0 Å². The Morgan fingerprint density at radius 3 is 2.76 bits per heavy atom. The van der Waals surface area contributed by atoms with E-state index in [-0.39, 0.29) is 48.3 Å². The van der Waals surface area contributed by atoms with Gasteiger partial charge in [0.05, 0.1) is 25.3 Å². The Hall–Kier alpha value is -3.69. The molecule has 10 heteroatoms. The van der Waals surface area contributed by atoms with Gasteiger partial charge < -0.3 is 24.3 Å². The molecule has 2 aromatic heterocycles. The van der Waals surface area contributed by atoms with E-state index in [1.54, 1.807) is 23.4 Å². The van der Waals surface area contributed by atoms with Crippen LogP contribution in [0.25, 0.3) is 0 Å². The molecule has 2 aliphatic rings. The Morgan fingerprint density at radius 2 is 2.09 bits per heavy atom. The van der Waals surface area contributed by atoms with E-state index < -0.39 is 18.2 Å². The first-order chi connectivity index (χ1) is 16.3. The fraction of sp³-hybridized carbons (Fsp3) is 0.458. The second-order valence-electron chi connectivity index (χ2n) is 9.03. The Labute approximate surface area is 197 Å². The average molecular weight is 469 g/mol. The molecular formula is C24H28N4O6. The zero-order chi connectivity index (χ0) is 24.2. The van der Waals surface area contributed by atoms with Crippen LogP contribution in [0.1, 0.15) is 32.3 Å². The highest BCUT2D eigenvalue weighted by atomic mass is 16.6. The van der Waals surface area contributed by atoms with Gasteiger partial charge in [-0.3, -0.25) is 19.4 Å². The molecule has 180 valence electrons. The van der Waals surface area contributed by atoms with Crippen LogP contribution in [0.3, 0.4) is 0 Å². The lowest BCUT2D eigenvalue weighted by molar-refractivity contribution is -0.138. The van der Waals surface area contributed by atoms with Crippen LogP contribution in [0, 0.1) is 5.92 Å². The third kappa shape index (κ3) is 5.11. The molecule has 2 aliphatic heterocycles. The number of amides is 3. The third-order valence-electron chi connectivity index (χ3n) is 6.11. The van der Waals surface area contributed by atoms with Gasteiger partial charge in [-0.2, -0.15) is 0 Å². The molecular weight excluding hydrogens is 440 g/mol. The maximum Gasteiger partial charge on any atom is 0.413 e. The predicted octanol–water partition coefficient (Wildman–Crippen LogP) is 1.80. The molecule has 2 fully saturated rings. The van der Waals surface area contributed by atoms with E-state index in [1.165, 1.54) is 23.5 Å². The number of ether oxygens (including phenoxy) is 1. The number of hydrogen-bond acceptors (Lipinski definition) is 7. The van der Waals surface area contributed by atoms with Crippen molar-refractivity contribution in [3.05, 3.63) is 48.7 Å². The fourth-order valence-corrected chi connectivity index (χ4v) is 4.65. The Kier molecular flexibility index (Phi) is 6.95. The van der Waals surface area contributed by atoms with Crippen LogP contribution < -0.4 is 10.1 Å². The number of fused-ring (bicyclic) bond motifs is 1. The number of nitrogens with zero attached hydrogens (tertiary/aromatic N) is 3. The second kappa shape index (κ2) is 10.1. The number of rotatable bonds is 7. The Bertz CT molecular complexity index is 1040. The molecule has 3 atom stereocenters. The standard InChI is InChI=1S/C24H28N4O6/c1-15(2)10-18(26-24(32)34-17-6-9-33-14-17)23(31)27-8-5-19-22(27)20(29)13-28(19)21(30)11-16-4-3-7-25-12-16/h3-4,6-7,9,12,14-15,18-19,22H,5,8,10-11,13H2,1-2H3,(H,26,32). The van der Waals surface area contributed by atoms with Gasteiger partial charge in [-0.25, -0.2) is 4.79 Å². The molecule has 2 saturated heterocycles. The minimum Gasteiger partial charge on any atom is -0.469 e. The summed E-state index contributed by atoms with van der Waals surface area (Å²) in [7, 11) is 0. The summed E-state index contributed by atoms with van der Waals surface area (Å²) in [6.45, 7) is 4.19. The highest BCUT2D eigenvalue weighted by molar-refractivity contribution is 5.99. The molecule has 2 aromatic rings. The highest BCUT2D eigenvalue weighted by Gasteiger charge is 2.52. The van der Waals surface area contributed by atoms with Crippen molar-refractivity contribution in [1.82, 2.24) is 20.1 Å². The van der Waals surface area contributed by atoms with Crippen LogP contribution in [-0.2, 0) is 20.8 Å². The Morgan fingerprint density at radius 1 is 1.26 bits per heavy atom. The number of nitrogens with one attached hydrogen (secondary N) is 1. The van der Waals surface area contributed by atoms with Gasteiger partial charge in [0, 0.05) is 25.0 Å². The van der Waals surface area contributed by atoms with Gasteiger partial charge in [-0.15, -0.1) is 0 Å². The molecule has 0 saturated carbocycles. The molecule has 4 heterocycles. The number of ketones is 1. The quantitative estimate of drug-likeness (QED) is 0.657. The summed E-state index contributed by atoms with van der Waals surface area (Å²) in [4.78, 5) is 58.7. The molecule has 34 heavy (non-hydrogen) atoms. The van der Waals surface area contributed by atoms with Gasteiger partial charge in [0.1, 0.15) is 18.3 Å². The third-order valence-corrected chi connectivity index (χ3v) is 6.11. The lowest BCUT2D eigenvalue weighted by atomic mass is 10.0. The summed E-state index contributed by atoms with van der Waals surface area (Å²) in [5.74, 6) is -0.342. The van der Waals surface area contributed by atoms with Crippen LogP contribution >= 0.6 is 0 Å². The molecule has 0 spiro atoms. The van der Waals surface area contributed by atoms with E-state index >= 15 is 0 Å². The predicted molar refractivity (Wildman–Crippen MR) is 120 cm³/mol. The van der Waals surface area contributed by atoms with Gasteiger partial charge in [-0.05, 0) is 30.4 Å². The first kappa shape index (κ1) is 23.5. The van der Waals surface area contributed by atoms with Crippen LogP contribution in [0.5, 0.6) is 5.75 Å². The van der Waals surface area contributed by atoms with Crippen molar-refractivity contribution in [2.75, 3.05) is 13.1 Å². The molecule has 4 rings (SSSR count). The van der Waals surface area contributed by atoms with Crippen molar-refractivity contribution >= 4 is 23.7 Å². The number of carbonyl (C=O) groups is 4. The van der Waals surface area contributed by atoms with Crippen molar-refractivity contribution in [1.29, 1.82) is 0 Å². The van der Waals surface area contributed by atoms with Gasteiger partial charge in [0.2, 0.25) is 11.8 Å². The van der Waals surface area contributed by atoms with E-state index in [4.69, 9.17) is 9.15 Å². The maximum atomic E-state index is 13.4. The molecule has 3 unspecified atom stereocenters. The molecule has 0 bridgehead atoms. The number of likely N-dealkylation sites (tertiary alicyclic amines) is 2. The SMILES string of the molecule is CC(C)CC(NC(=O)Oc1ccoc1)C(=O)N1CCC2C1C(=O)CN2C(=O)Cc1cccnc1. The molecule has 1 N–H and O–H groups in total.